The highest BCUT2D eigenvalue weighted by molar-refractivity contribution is 6.03. The van der Waals surface area contributed by atoms with E-state index in [1.807, 2.05) is 72.8 Å². The fraction of sp³-hybridized carbons (Fsp3) is 0.156. The van der Waals surface area contributed by atoms with E-state index >= 15 is 0 Å². The van der Waals surface area contributed by atoms with Crippen LogP contribution >= 0.6 is 0 Å². The third-order valence-electron chi connectivity index (χ3n) is 6.84. The minimum atomic E-state index is -0.927. The van der Waals surface area contributed by atoms with Gasteiger partial charge in [0.15, 0.2) is 0 Å². The summed E-state index contributed by atoms with van der Waals surface area (Å²) in [5.74, 6) is -0.747. The van der Waals surface area contributed by atoms with E-state index in [1.165, 1.54) is 0 Å². The molecule has 4 aromatic carbocycles. The number of fused-ring (bicyclic) bond motifs is 1. The van der Waals surface area contributed by atoms with Gasteiger partial charge in [0.2, 0.25) is 5.91 Å². The van der Waals surface area contributed by atoms with Crippen molar-refractivity contribution in [1.29, 1.82) is 0 Å². The Balaban J connectivity index is 1.35. The molecule has 1 aliphatic heterocycles. The van der Waals surface area contributed by atoms with E-state index in [1.54, 1.807) is 35.2 Å². The lowest BCUT2D eigenvalue weighted by Crippen LogP contribution is -2.37. The number of anilines is 2. The quantitative estimate of drug-likeness (QED) is 0.322. The SMILES string of the molecule is NCc1cccc(C(=O)N[C@H](C(=O)Nc2ccc3c(c2)N(C(=O)Cc2ccccc2)CC3)c2ccccc2)c1. The minimum Gasteiger partial charge on any atom is -0.336 e. The Bertz CT molecular complexity index is 1490. The Labute approximate surface area is 227 Å². The lowest BCUT2D eigenvalue weighted by Gasteiger charge is -2.21. The van der Waals surface area contributed by atoms with Crippen LogP contribution in [0.1, 0.15) is 38.7 Å². The maximum Gasteiger partial charge on any atom is 0.252 e. The zero-order chi connectivity index (χ0) is 27.2. The largest absolute Gasteiger partial charge is 0.336 e. The molecule has 196 valence electrons. The van der Waals surface area contributed by atoms with Gasteiger partial charge in [0.05, 0.1) is 6.42 Å². The number of carbonyl (C=O) groups excluding carboxylic acids is 3. The Kier molecular flexibility index (Phi) is 7.80. The predicted octanol–water partition coefficient (Wildman–Crippen LogP) is 4.39. The lowest BCUT2D eigenvalue weighted by molar-refractivity contribution is -0.118. The summed E-state index contributed by atoms with van der Waals surface area (Å²) in [5.41, 5.74) is 11.0. The first kappa shape index (κ1) is 25.9. The molecule has 0 fully saturated rings. The second-order valence-electron chi connectivity index (χ2n) is 9.51. The molecule has 0 aromatic heterocycles. The molecule has 4 N–H and O–H groups in total. The normalized spacial score (nSPS) is 12.9. The van der Waals surface area contributed by atoms with E-state index in [2.05, 4.69) is 10.6 Å². The van der Waals surface area contributed by atoms with Gasteiger partial charge in [-0.15, -0.1) is 0 Å². The summed E-state index contributed by atoms with van der Waals surface area (Å²) in [5, 5.41) is 5.82. The van der Waals surface area contributed by atoms with Crippen molar-refractivity contribution in [2.75, 3.05) is 16.8 Å². The van der Waals surface area contributed by atoms with Crippen molar-refractivity contribution in [3.63, 3.8) is 0 Å². The summed E-state index contributed by atoms with van der Waals surface area (Å²) in [7, 11) is 0. The molecule has 3 amide bonds. The molecule has 0 saturated heterocycles. The molecule has 0 bridgehead atoms. The third kappa shape index (κ3) is 6.05. The van der Waals surface area contributed by atoms with Gasteiger partial charge in [-0.3, -0.25) is 14.4 Å². The van der Waals surface area contributed by atoms with Crippen molar-refractivity contribution >= 4 is 29.1 Å². The molecule has 0 unspecified atom stereocenters. The molecule has 0 radical (unpaired) electrons. The highest BCUT2D eigenvalue weighted by Crippen LogP contribution is 2.32. The van der Waals surface area contributed by atoms with Crippen molar-refractivity contribution in [2.45, 2.75) is 25.4 Å². The summed E-state index contributed by atoms with van der Waals surface area (Å²) in [4.78, 5) is 41.5. The highest BCUT2D eigenvalue weighted by atomic mass is 16.2. The first-order valence-electron chi connectivity index (χ1n) is 12.9. The lowest BCUT2D eigenvalue weighted by atomic mass is 10.0. The first-order chi connectivity index (χ1) is 19.0. The number of carbonyl (C=O) groups is 3. The van der Waals surface area contributed by atoms with E-state index in [-0.39, 0.29) is 17.7 Å². The highest BCUT2D eigenvalue weighted by Gasteiger charge is 2.27. The van der Waals surface area contributed by atoms with Crippen LogP contribution in [0.25, 0.3) is 0 Å². The molecule has 1 aliphatic rings. The standard InChI is InChI=1S/C32H30N4O3/c33-21-23-10-7-13-26(18-23)31(38)35-30(25-11-5-2-6-12-25)32(39)34-27-15-14-24-16-17-36(28(24)20-27)29(37)19-22-8-3-1-4-9-22/h1-15,18,20,30H,16-17,19,21,33H2,(H,34,39)(H,35,38)/t30-/m0/s1. The molecule has 1 atom stereocenters. The summed E-state index contributed by atoms with van der Waals surface area (Å²) < 4.78 is 0. The summed E-state index contributed by atoms with van der Waals surface area (Å²) in [6.45, 7) is 0.913. The molecule has 7 heteroatoms. The zero-order valence-corrected chi connectivity index (χ0v) is 21.5. The van der Waals surface area contributed by atoms with Crippen molar-refractivity contribution < 1.29 is 14.4 Å². The second kappa shape index (κ2) is 11.8. The average Bonchev–Trinajstić information content (AvgIpc) is 3.40. The molecule has 5 rings (SSSR count). The minimum absolute atomic E-state index is 0.0116. The molecule has 4 aromatic rings. The summed E-state index contributed by atoms with van der Waals surface area (Å²) in [6, 6.07) is 30.4. The van der Waals surface area contributed by atoms with Crippen LogP contribution in [0.3, 0.4) is 0 Å². The fourth-order valence-corrected chi connectivity index (χ4v) is 4.80. The topological polar surface area (TPSA) is 105 Å². The number of hydrogen-bond acceptors (Lipinski definition) is 4. The number of amides is 3. The van der Waals surface area contributed by atoms with E-state index in [0.717, 1.165) is 28.8 Å². The third-order valence-corrected chi connectivity index (χ3v) is 6.84. The number of rotatable bonds is 8. The Morgan fingerprint density at radius 2 is 1.54 bits per heavy atom. The average molecular weight is 519 g/mol. The van der Waals surface area contributed by atoms with Gasteiger partial charge in [-0.25, -0.2) is 0 Å². The van der Waals surface area contributed by atoms with Crippen LogP contribution in [0.5, 0.6) is 0 Å². The van der Waals surface area contributed by atoms with Gasteiger partial charge < -0.3 is 21.3 Å². The molecule has 0 aliphatic carbocycles. The van der Waals surface area contributed by atoms with Crippen molar-refractivity contribution in [2.24, 2.45) is 5.73 Å². The van der Waals surface area contributed by atoms with Crippen LogP contribution in [0, 0.1) is 0 Å². The number of nitrogens with two attached hydrogens (primary N) is 1. The summed E-state index contributed by atoms with van der Waals surface area (Å²) in [6.07, 6.45) is 1.07. The summed E-state index contributed by atoms with van der Waals surface area (Å²) >= 11 is 0. The van der Waals surface area contributed by atoms with Crippen molar-refractivity contribution in [1.82, 2.24) is 5.32 Å². The molecule has 7 nitrogen and oxygen atoms in total. The van der Waals surface area contributed by atoms with Gasteiger partial charge in [-0.2, -0.15) is 0 Å². The second-order valence-corrected chi connectivity index (χ2v) is 9.51. The van der Waals surface area contributed by atoms with Crippen LogP contribution in [-0.4, -0.2) is 24.3 Å². The number of nitrogens with zero attached hydrogens (tertiary/aromatic N) is 1. The van der Waals surface area contributed by atoms with Crippen LogP contribution in [-0.2, 0) is 29.0 Å². The molecule has 39 heavy (non-hydrogen) atoms. The van der Waals surface area contributed by atoms with Crippen molar-refractivity contribution in [3.05, 3.63) is 131 Å². The molecular weight excluding hydrogens is 488 g/mol. The molecule has 1 heterocycles. The van der Waals surface area contributed by atoms with Crippen LogP contribution in [0.15, 0.2) is 103 Å². The monoisotopic (exact) mass is 518 g/mol. The van der Waals surface area contributed by atoms with Gasteiger partial charge in [-0.1, -0.05) is 78.9 Å². The van der Waals surface area contributed by atoms with Gasteiger partial charge in [-0.05, 0) is 52.9 Å². The fourth-order valence-electron chi connectivity index (χ4n) is 4.80. The zero-order valence-electron chi connectivity index (χ0n) is 21.5. The Morgan fingerprint density at radius 1 is 0.821 bits per heavy atom. The predicted molar refractivity (Wildman–Crippen MR) is 152 cm³/mol. The van der Waals surface area contributed by atoms with Crippen LogP contribution in [0.2, 0.25) is 0 Å². The van der Waals surface area contributed by atoms with Crippen LogP contribution < -0.4 is 21.3 Å². The van der Waals surface area contributed by atoms with E-state index < -0.39 is 6.04 Å². The molecule has 0 saturated carbocycles. The van der Waals surface area contributed by atoms with Gasteiger partial charge in [0.1, 0.15) is 6.04 Å². The van der Waals surface area contributed by atoms with Crippen LogP contribution in [0.4, 0.5) is 11.4 Å². The van der Waals surface area contributed by atoms with E-state index in [4.69, 9.17) is 5.73 Å². The molecule has 0 spiro atoms. The maximum absolute atomic E-state index is 13.5. The Morgan fingerprint density at radius 3 is 2.28 bits per heavy atom. The van der Waals surface area contributed by atoms with Crippen molar-refractivity contribution in [3.8, 4) is 0 Å². The van der Waals surface area contributed by atoms with Gasteiger partial charge in [0.25, 0.3) is 11.8 Å². The first-order valence-corrected chi connectivity index (χ1v) is 12.9. The smallest absolute Gasteiger partial charge is 0.252 e. The number of benzene rings is 4. The number of hydrogen-bond donors (Lipinski definition) is 3. The maximum atomic E-state index is 13.5. The number of nitrogens with one attached hydrogen (secondary N) is 2. The van der Waals surface area contributed by atoms with E-state index in [0.29, 0.717) is 36.3 Å². The van der Waals surface area contributed by atoms with E-state index in [9.17, 15) is 14.4 Å². The molecular formula is C32H30N4O3. The van der Waals surface area contributed by atoms with Gasteiger partial charge >= 0.3 is 0 Å². The van der Waals surface area contributed by atoms with Gasteiger partial charge in [0, 0.05) is 30.0 Å². The Hall–Kier alpha value is -4.75.